The van der Waals surface area contributed by atoms with Gasteiger partial charge in [0.1, 0.15) is 24.9 Å². The van der Waals surface area contributed by atoms with Crippen LogP contribution in [0.5, 0.6) is 0 Å². The van der Waals surface area contributed by atoms with Crippen molar-refractivity contribution in [3.8, 4) is 0 Å². The summed E-state index contributed by atoms with van der Waals surface area (Å²) in [6.45, 7) is 6.94. The molecule has 1 atom stereocenters. The molecule has 0 aliphatic heterocycles. The van der Waals surface area contributed by atoms with Gasteiger partial charge in [-0.15, -0.1) is 0 Å². The zero-order valence-corrected chi connectivity index (χ0v) is 23.8. The summed E-state index contributed by atoms with van der Waals surface area (Å²) in [7, 11) is -4.83. The SMILES string of the molecule is C=CCOC(=O)[C@@H](CC(=O)OCc1ccccc1)N(CCNC(=O)OC(C)(C)C)S(=O)(=O)c1ccccc1[N+](=O)[O-]. The summed E-state index contributed by atoms with van der Waals surface area (Å²) >= 11 is 0. The van der Waals surface area contributed by atoms with Crippen molar-refractivity contribution >= 4 is 33.7 Å². The van der Waals surface area contributed by atoms with Crippen LogP contribution in [0.2, 0.25) is 0 Å². The van der Waals surface area contributed by atoms with E-state index in [9.17, 15) is 32.9 Å². The van der Waals surface area contributed by atoms with Crippen LogP contribution in [0.3, 0.4) is 0 Å². The second-order valence-corrected chi connectivity index (χ2v) is 11.4. The number of para-hydroxylation sites is 1. The van der Waals surface area contributed by atoms with Crippen LogP contribution in [-0.2, 0) is 40.4 Å². The van der Waals surface area contributed by atoms with Crippen LogP contribution in [0.15, 0.2) is 72.1 Å². The first-order valence-electron chi connectivity index (χ1n) is 12.5. The zero-order valence-electron chi connectivity index (χ0n) is 23.0. The number of sulfonamides is 1. The van der Waals surface area contributed by atoms with E-state index < -0.39 is 68.2 Å². The molecule has 0 radical (unpaired) electrons. The van der Waals surface area contributed by atoms with Crippen LogP contribution in [0.1, 0.15) is 32.8 Å². The van der Waals surface area contributed by atoms with Gasteiger partial charge in [0.05, 0.1) is 11.3 Å². The normalized spacial score (nSPS) is 12.2. The van der Waals surface area contributed by atoms with E-state index in [-0.39, 0.29) is 19.8 Å². The Morgan fingerprint density at radius 2 is 1.71 bits per heavy atom. The number of ether oxygens (including phenoxy) is 3. The highest BCUT2D eigenvalue weighted by Gasteiger charge is 2.41. The zero-order chi connectivity index (χ0) is 30.6. The summed E-state index contributed by atoms with van der Waals surface area (Å²) in [4.78, 5) is 48.1. The number of carbonyl (C=O) groups excluding carboxylic acids is 3. The molecule has 0 spiro atoms. The molecule has 41 heavy (non-hydrogen) atoms. The van der Waals surface area contributed by atoms with Crippen molar-refractivity contribution in [2.45, 2.75) is 50.3 Å². The number of benzene rings is 2. The molecule has 2 aromatic rings. The Hall–Kier alpha value is -4.30. The highest BCUT2D eigenvalue weighted by molar-refractivity contribution is 7.89. The van der Waals surface area contributed by atoms with Gasteiger partial charge in [-0.3, -0.25) is 19.7 Å². The van der Waals surface area contributed by atoms with Gasteiger partial charge in [-0.2, -0.15) is 4.31 Å². The largest absolute Gasteiger partial charge is 0.461 e. The number of esters is 2. The number of hydrogen-bond donors (Lipinski definition) is 1. The molecule has 14 heteroatoms. The van der Waals surface area contributed by atoms with Gasteiger partial charge in [0.2, 0.25) is 0 Å². The molecule has 13 nitrogen and oxygen atoms in total. The summed E-state index contributed by atoms with van der Waals surface area (Å²) in [5, 5.41) is 14.0. The van der Waals surface area contributed by atoms with Crippen molar-refractivity contribution < 1.29 is 41.9 Å². The molecule has 0 fully saturated rings. The molecule has 0 aromatic heterocycles. The van der Waals surface area contributed by atoms with E-state index in [4.69, 9.17) is 14.2 Å². The van der Waals surface area contributed by atoms with E-state index in [1.807, 2.05) is 0 Å². The molecule has 0 bridgehead atoms. The average Bonchev–Trinajstić information content (AvgIpc) is 2.91. The third kappa shape index (κ3) is 10.3. The number of rotatable bonds is 14. The number of hydrogen-bond acceptors (Lipinski definition) is 10. The third-order valence-corrected chi connectivity index (χ3v) is 7.17. The van der Waals surface area contributed by atoms with Crippen molar-refractivity contribution in [2.24, 2.45) is 0 Å². The highest BCUT2D eigenvalue weighted by Crippen LogP contribution is 2.28. The molecule has 2 rings (SSSR count). The molecule has 2 aromatic carbocycles. The summed E-state index contributed by atoms with van der Waals surface area (Å²) < 4.78 is 43.7. The molecule has 222 valence electrons. The molecule has 0 saturated carbocycles. The fourth-order valence-electron chi connectivity index (χ4n) is 3.47. The van der Waals surface area contributed by atoms with Crippen LogP contribution in [0.4, 0.5) is 10.5 Å². The van der Waals surface area contributed by atoms with Gasteiger partial charge >= 0.3 is 18.0 Å². The van der Waals surface area contributed by atoms with E-state index in [0.29, 0.717) is 9.87 Å². The number of nitro groups is 1. The van der Waals surface area contributed by atoms with Gasteiger partial charge in [-0.25, -0.2) is 13.2 Å². The topological polar surface area (TPSA) is 171 Å². The Bertz CT molecular complexity index is 1340. The smallest absolute Gasteiger partial charge is 0.407 e. The fourth-order valence-corrected chi connectivity index (χ4v) is 5.21. The van der Waals surface area contributed by atoms with Crippen LogP contribution in [-0.4, -0.2) is 67.0 Å². The first-order chi connectivity index (χ1) is 19.3. The lowest BCUT2D eigenvalue weighted by molar-refractivity contribution is -0.387. The number of nitrogens with zero attached hydrogens (tertiary/aromatic N) is 2. The van der Waals surface area contributed by atoms with Gasteiger partial charge in [-0.05, 0) is 32.4 Å². The molecule has 1 amide bonds. The van der Waals surface area contributed by atoms with Crippen molar-refractivity contribution in [1.82, 2.24) is 9.62 Å². The standard InChI is InChI=1S/C27H33N3O10S/c1-5-17-38-25(32)22(18-24(31)39-19-20-11-7-6-8-12-20)29(16-15-28-26(33)40-27(2,3)4)41(36,37)23-14-10-9-13-21(23)30(34)35/h5-14,22H,1,15-19H2,2-4H3,(H,28,33)/t22-/m1/s1. The van der Waals surface area contributed by atoms with Crippen LogP contribution >= 0.6 is 0 Å². The molecule has 0 heterocycles. The van der Waals surface area contributed by atoms with Crippen molar-refractivity contribution in [1.29, 1.82) is 0 Å². The van der Waals surface area contributed by atoms with Gasteiger partial charge in [0.15, 0.2) is 4.90 Å². The fraction of sp³-hybridized carbons (Fsp3) is 0.370. The van der Waals surface area contributed by atoms with E-state index in [0.717, 1.165) is 12.1 Å². The number of nitro benzene ring substituents is 1. The molecule has 0 aliphatic rings. The molecule has 0 saturated heterocycles. The summed E-state index contributed by atoms with van der Waals surface area (Å²) in [5.41, 5.74) is -0.944. The number of nitrogens with one attached hydrogen (secondary N) is 1. The lowest BCUT2D eigenvalue weighted by atomic mass is 10.2. The Balaban J connectivity index is 2.46. The van der Waals surface area contributed by atoms with Crippen LogP contribution < -0.4 is 5.32 Å². The van der Waals surface area contributed by atoms with Crippen LogP contribution in [0, 0.1) is 10.1 Å². The summed E-state index contributed by atoms with van der Waals surface area (Å²) in [5.74, 6) is -2.06. The minimum Gasteiger partial charge on any atom is -0.461 e. The summed E-state index contributed by atoms with van der Waals surface area (Å²) in [6.07, 6.45) is -0.406. The first-order valence-corrected chi connectivity index (χ1v) is 13.9. The summed E-state index contributed by atoms with van der Waals surface area (Å²) in [6, 6.07) is 11.4. The third-order valence-electron chi connectivity index (χ3n) is 5.21. The monoisotopic (exact) mass is 591 g/mol. The number of amides is 1. The van der Waals surface area contributed by atoms with Crippen molar-refractivity contribution in [3.05, 3.63) is 82.9 Å². The molecule has 0 unspecified atom stereocenters. The predicted molar refractivity (Wildman–Crippen MR) is 147 cm³/mol. The predicted octanol–water partition coefficient (Wildman–Crippen LogP) is 3.34. The Labute approximate surface area is 238 Å². The van der Waals surface area contributed by atoms with E-state index in [2.05, 4.69) is 11.9 Å². The Morgan fingerprint density at radius 1 is 1.07 bits per heavy atom. The highest BCUT2D eigenvalue weighted by atomic mass is 32.2. The maximum atomic E-state index is 13.8. The van der Waals surface area contributed by atoms with E-state index in [1.165, 1.54) is 18.2 Å². The van der Waals surface area contributed by atoms with Crippen molar-refractivity contribution in [2.75, 3.05) is 19.7 Å². The maximum Gasteiger partial charge on any atom is 0.407 e. The molecule has 1 N–H and O–H groups in total. The number of alkyl carbamates (subject to hydrolysis) is 1. The molecular weight excluding hydrogens is 558 g/mol. The number of carbonyl (C=O) groups is 3. The minimum atomic E-state index is -4.83. The van der Waals surface area contributed by atoms with Crippen molar-refractivity contribution in [3.63, 3.8) is 0 Å². The molecular formula is C27H33N3O10S. The maximum absolute atomic E-state index is 13.8. The minimum absolute atomic E-state index is 0.148. The second kappa shape index (κ2) is 14.9. The van der Waals surface area contributed by atoms with Gasteiger partial charge in [0.25, 0.3) is 15.7 Å². The molecule has 0 aliphatic carbocycles. The lowest BCUT2D eigenvalue weighted by Gasteiger charge is -2.29. The quantitative estimate of drug-likeness (QED) is 0.113. The Morgan fingerprint density at radius 3 is 2.32 bits per heavy atom. The average molecular weight is 592 g/mol. The van der Waals surface area contributed by atoms with Gasteiger partial charge < -0.3 is 19.5 Å². The van der Waals surface area contributed by atoms with Gasteiger partial charge in [0, 0.05) is 19.2 Å². The van der Waals surface area contributed by atoms with Crippen LogP contribution in [0.25, 0.3) is 0 Å². The second-order valence-electron chi connectivity index (χ2n) is 9.55. The Kier molecular flexibility index (Phi) is 12.0. The first kappa shape index (κ1) is 32.9. The lowest BCUT2D eigenvalue weighted by Crippen LogP contribution is -2.50. The van der Waals surface area contributed by atoms with E-state index >= 15 is 0 Å². The van der Waals surface area contributed by atoms with Gasteiger partial charge in [-0.1, -0.05) is 55.1 Å². The van der Waals surface area contributed by atoms with E-state index in [1.54, 1.807) is 51.1 Å².